The highest BCUT2D eigenvalue weighted by Gasteiger charge is 2.32. The van der Waals surface area contributed by atoms with Gasteiger partial charge in [-0.25, -0.2) is 0 Å². The van der Waals surface area contributed by atoms with Crippen molar-refractivity contribution in [1.29, 1.82) is 0 Å². The summed E-state index contributed by atoms with van der Waals surface area (Å²) in [6.45, 7) is 10.5. The van der Waals surface area contributed by atoms with Crippen molar-refractivity contribution in [3.05, 3.63) is 35.4 Å². The van der Waals surface area contributed by atoms with E-state index in [0.717, 1.165) is 38.9 Å². The van der Waals surface area contributed by atoms with Crippen LogP contribution in [0.5, 0.6) is 0 Å². The van der Waals surface area contributed by atoms with Gasteiger partial charge < -0.3 is 0 Å². The fourth-order valence-corrected chi connectivity index (χ4v) is 6.07. The average molecular weight is 380 g/mol. The number of hydrogen-bond acceptors (Lipinski definition) is 3. The molecule has 0 aromatic heterocycles. The van der Waals surface area contributed by atoms with Crippen LogP contribution in [0.4, 0.5) is 0 Å². The number of nitrogens with zero attached hydrogens (tertiary/aromatic N) is 2. The van der Waals surface area contributed by atoms with E-state index in [4.69, 9.17) is 0 Å². The molecule has 0 amide bonds. The lowest BCUT2D eigenvalue weighted by atomic mass is 9.94. The van der Waals surface area contributed by atoms with Gasteiger partial charge in [-0.2, -0.15) is 17.4 Å². The number of rotatable bonds is 5. The van der Waals surface area contributed by atoms with Gasteiger partial charge in [0.05, 0.1) is 0 Å². The normalized spacial score (nSPS) is 26.9. The minimum Gasteiger partial charge on any atom is -0.299 e. The third-order valence-electron chi connectivity index (χ3n) is 5.57. The maximum atomic E-state index is 12.8. The predicted octanol–water partition coefficient (Wildman–Crippen LogP) is 2.77. The standard InChI is InChI=1S/C20H33N3O2S/c1-16-5-4-6-19(12-16)15-22-9-7-20(8-10-22)21-26(24,25)23-13-17(2)11-18(3)14-23/h4-6,12,17-18,20-21H,7-11,13-15H2,1-3H3/t17-,18+. The number of hydrogen-bond donors (Lipinski definition) is 1. The molecule has 0 unspecified atom stereocenters. The summed E-state index contributed by atoms with van der Waals surface area (Å²) < 4.78 is 30.1. The van der Waals surface area contributed by atoms with Crippen molar-refractivity contribution in [2.45, 2.75) is 52.6 Å². The number of aryl methyl sites for hydroxylation is 1. The molecule has 0 aliphatic carbocycles. The quantitative estimate of drug-likeness (QED) is 0.856. The number of likely N-dealkylation sites (tertiary alicyclic amines) is 1. The molecule has 146 valence electrons. The largest absolute Gasteiger partial charge is 0.299 e. The third kappa shape index (κ3) is 5.28. The zero-order valence-corrected chi connectivity index (χ0v) is 17.1. The Hall–Kier alpha value is -0.950. The SMILES string of the molecule is Cc1cccc(CN2CCC(NS(=O)(=O)N3C[C@H](C)C[C@H](C)C3)CC2)c1. The van der Waals surface area contributed by atoms with E-state index < -0.39 is 10.2 Å². The second-order valence-electron chi connectivity index (χ2n) is 8.43. The molecule has 1 N–H and O–H groups in total. The van der Waals surface area contributed by atoms with Crippen LogP contribution >= 0.6 is 0 Å². The van der Waals surface area contributed by atoms with Crippen molar-refractivity contribution < 1.29 is 8.42 Å². The summed E-state index contributed by atoms with van der Waals surface area (Å²) in [5, 5.41) is 0. The maximum absolute atomic E-state index is 12.8. The van der Waals surface area contributed by atoms with Gasteiger partial charge in [-0.15, -0.1) is 0 Å². The summed E-state index contributed by atoms with van der Waals surface area (Å²) in [5.41, 5.74) is 2.62. The van der Waals surface area contributed by atoms with E-state index in [9.17, 15) is 8.42 Å². The zero-order chi connectivity index (χ0) is 18.7. The molecule has 6 heteroatoms. The van der Waals surface area contributed by atoms with Gasteiger partial charge in [0.2, 0.25) is 0 Å². The van der Waals surface area contributed by atoms with Crippen LogP contribution in [0.3, 0.4) is 0 Å². The molecule has 0 bridgehead atoms. The molecule has 2 aliphatic rings. The lowest BCUT2D eigenvalue weighted by molar-refractivity contribution is 0.193. The minimum absolute atomic E-state index is 0.0568. The van der Waals surface area contributed by atoms with Crippen LogP contribution in [0.2, 0.25) is 0 Å². The Labute approximate surface area is 158 Å². The summed E-state index contributed by atoms with van der Waals surface area (Å²) in [7, 11) is -3.37. The van der Waals surface area contributed by atoms with Crippen molar-refractivity contribution in [1.82, 2.24) is 13.9 Å². The molecule has 0 spiro atoms. The highest BCUT2D eigenvalue weighted by molar-refractivity contribution is 7.87. The van der Waals surface area contributed by atoms with Crippen molar-refractivity contribution in [3.63, 3.8) is 0 Å². The molecule has 1 aromatic carbocycles. The first kappa shape index (κ1) is 19.8. The van der Waals surface area contributed by atoms with E-state index in [1.165, 1.54) is 11.1 Å². The van der Waals surface area contributed by atoms with Crippen LogP contribution in [0.15, 0.2) is 24.3 Å². The molecule has 0 radical (unpaired) electrons. The summed E-state index contributed by atoms with van der Waals surface area (Å²) in [5.74, 6) is 0.873. The van der Waals surface area contributed by atoms with Gasteiger partial charge in [-0.3, -0.25) is 4.90 Å². The number of piperidine rings is 2. The molecule has 3 rings (SSSR count). The first-order valence-corrected chi connectivity index (χ1v) is 11.3. The average Bonchev–Trinajstić information content (AvgIpc) is 2.56. The van der Waals surface area contributed by atoms with E-state index >= 15 is 0 Å². The second-order valence-corrected chi connectivity index (χ2v) is 10.1. The highest BCUT2D eigenvalue weighted by atomic mass is 32.2. The monoisotopic (exact) mass is 379 g/mol. The Morgan fingerprint density at radius 2 is 1.77 bits per heavy atom. The minimum atomic E-state index is -3.37. The molecule has 2 fully saturated rings. The summed E-state index contributed by atoms with van der Waals surface area (Å²) in [6.07, 6.45) is 2.87. The predicted molar refractivity (Wildman–Crippen MR) is 106 cm³/mol. The molecule has 0 saturated carbocycles. The van der Waals surface area contributed by atoms with Crippen LogP contribution < -0.4 is 4.72 Å². The second kappa shape index (κ2) is 8.38. The highest BCUT2D eigenvalue weighted by Crippen LogP contribution is 2.23. The van der Waals surface area contributed by atoms with Gasteiger partial charge >= 0.3 is 0 Å². The van der Waals surface area contributed by atoms with Gasteiger partial charge in [0.25, 0.3) is 10.2 Å². The van der Waals surface area contributed by atoms with Crippen molar-refractivity contribution in [2.75, 3.05) is 26.2 Å². The fraction of sp³-hybridized carbons (Fsp3) is 0.700. The Bertz CT molecular complexity index is 689. The number of benzene rings is 1. The Morgan fingerprint density at radius 1 is 1.12 bits per heavy atom. The summed E-state index contributed by atoms with van der Waals surface area (Å²) in [6, 6.07) is 8.67. The van der Waals surface area contributed by atoms with Gasteiger partial charge in [0.1, 0.15) is 0 Å². The van der Waals surface area contributed by atoms with E-state index in [0.29, 0.717) is 24.9 Å². The molecule has 1 aromatic rings. The molecule has 2 atom stereocenters. The van der Waals surface area contributed by atoms with E-state index in [1.54, 1.807) is 4.31 Å². The van der Waals surface area contributed by atoms with Crippen molar-refractivity contribution in [3.8, 4) is 0 Å². The Kier molecular flexibility index (Phi) is 6.38. The summed E-state index contributed by atoms with van der Waals surface area (Å²) >= 11 is 0. The Balaban J connectivity index is 1.50. The van der Waals surface area contributed by atoms with Gasteiger partial charge in [-0.1, -0.05) is 43.7 Å². The number of nitrogens with one attached hydrogen (secondary N) is 1. The third-order valence-corrected chi connectivity index (χ3v) is 7.18. The lowest BCUT2D eigenvalue weighted by Gasteiger charge is -2.37. The molecule has 2 heterocycles. The first-order chi connectivity index (χ1) is 12.3. The van der Waals surface area contributed by atoms with Crippen molar-refractivity contribution >= 4 is 10.2 Å². The molecule has 2 aliphatic heterocycles. The van der Waals surface area contributed by atoms with Crippen LogP contribution in [-0.4, -0.2) is 49.8 Å². The Morgan fingerprint density at radius 3 is 2.38 bits per heavy atom. The molecular formula is C20H33N3O2S. The van der Waals surface area contributed by atoms with Gasteiger partial charge in [-0.05, 0) is 43.6 Å². The van der Waals surface area contributed by atoms with Crippen LogP contribution in [0, 0.1) is 18.8 Å². The zero-order valence-electron chi connectivity index (χ0n) is 16.3. The van der Waals surface area contributed by atoms with Crippen LogP contribution in [0.25, 0.3) is 0 Å². The maximum Gasteiger partial charge on any atom is 0.279 e. The van der Waals surface area contributed by atoms with Crippen LogP contribution in [0.1, 0.15) is 44.2 Å². The molecule has 2 saturated heterocycles. The first-order valence-electron chi connectivity index (χ1n) is 9.87. The van der Waals surface area contributed by atoms with E-state index in [2.05, 4.69) is 54.7 Å². The smallest absolute Gasteiger partial charge is 0.279 e. The molecular weight excluding hydrogens is 346 g/mol. The van der Waals surface area contributed by atoms with E-state index in [1.807, 2.05) is 0 Å². The molecule has 5 nitrogen and oxygen atoms in total. The van der Waals surface area contributed by atoms with Gasteiger partial charge in [0, 0.05) is 38.8 Å². The topological polar surface area (TPSA) is 52.7 Å². The van der Waals surface area contributed by atoms with Gasteiger partial charge in [0.15, 0.2) is 0 Å². The van der Waals surface area contributed by atoms with Crippen LogP contribution in [-0.2, 0) is 16.8 Å². The summed E-state index contributed by atoms with van der Waals surface area (Å²) in [4.78, 5) is 2.42. The lowest BCUT2D eigenvalue weighted by Crippen LogP contribution is -2.52. The molecule has 26 heavy (non-hydrogen) atoms. The fourth-order valence-electron chi connectivity index (χ4n) is 4.36. The van der Waals surface area contributed by atoms with E-state index in [-0.39, 0.29) is 6.04 Å². The van der Waals surface area contributed by atoms with Crippen molar-refractivity contribution in [2.24, 2.45) is 11.8 Å².